The molecular formula is C18H26F2N2O4. The van der Waals surface area contributed by atoms with Crippen molar-refractivity contribution in [3.05, 3.63) is 29.3 Å². The highest BCUT2D eigenvalue weighted by Crippen LogP contribution is 2.35. The van der Waals surface area contributed by atoms with Crippen molar-refractivity contribution in [2.45, 2.75) is 38.4 Å². The average Bonchev–Trinajstić information content (AvgIpc) is 2.64. The van der Waals surface area contributed by atoms with E-state index in [-0.39, 0.29) is 24.9 Å². The fraction of sp³-hybridized carbons (Fsp3) is 0.611. The molecule has 4 N–H and O–H groups in total. The Morgan fingerprint density at radius 3 is 2.77 bits per heavy atom. The zero-order valence-electron chi connectivity index (χ0n) is 15.1. The third-order valence-corrected chi connectivity index (χ3v) is 4.76. The molecular weight excluding hydrogens is 346 g/mol. The fourth-order valence-electron chi connectivity index (χ4n) is 3.21. The van der Waals surface area contributed by atoms with Crippen LogP contribution in [0, 0.1) is 17.6 Å². The van der Waals surface area contributed by atoms with Crippen LogP contribution in [-0.2, 0) is 9.53 Å². The summed E-state index contributed by atoms with van der Waals surface area (Å²) in [5, 5.41) is 13.1. The van der Waals surface area contributed by atoms with Crippen molar-refractivity contribution < 1.29 is 28.2 Å². The average molecular weight is 372 g/mol. The second kappa shape index (κ2) is 8.75. The molecule has 1 amide bonds. The normalized spacial score (nSPS) is 21.0. The minimum absolute atomic E-state index is 0.0482. The molecule has 0 aliphatic carbocycles. The van der Waals surface area contributed by atoms with Crippen molar-refractivity contribution in [1.82, 2.24) is 5.32 Å². The Morgan fingerprint density at radius 2 is 2.23 bits per heavy atom. The van der Waals surface area contributed by atoms with Gasteiger partial charge in [0, 0.05) is 19.1 Å². The monoisotopic (exact) mass is 372 g/mol. The van der Waals surface area contributed by atoms with Crippen molar-refractivity contribution in [1.29, 1.82) is 0 Å². The number of primary amides is 1. The van der Waals surface area contributed by atoms with E-state index < -0.39 is 34.8 Å². The summed E-state index contributed by atoms with van der Waals surface area (Å²) in [7, 11) is 0. The number of aliphatic hydroxyl groups excluding tert-OH is 1. The van der Waals surface area contributed by atoms with Gasteiger partial charge in [0.1, 0.15) is 11.4 Å². The van der Waals surface area contributed by atoms with E-state index in [0.29, 0.717) is 6.54 Å². The molecule has 0 spiro atoms. The first kappa shape index (κ1) is 20.5. The first-order valence-electron chi connectivity index (χ1n) is 8.73. The Hall–Kier alpha value is -1.77. The number of amides is 1. The van der Waals surface area contributed by atoms with Crippen LogP contribution >= 0.6 is 0 Å². The molecule has 1 aromatic carbocycles. The number of rotatable bonds is 8. The molecule has 6 nitrogen and oxygen atoms in total. The summed E-state index contributed by atoms with van der Waals surface area (Å²) in [6.07, 6.45) is 0.164. The van der Waals surface area contributed by atoms with Crippen LogP contribution in [0.3, 0.4) is 0 Å². The van der Waals surface area contributed by atoms with Gasteiger partial charge in [-0.15, -0.1) is 0 Å². The Morgan fingerprint density at radius 1 is 1.50 bits per heavy atom. The molecule has 1 aromatic rings. The molecule has 3 unspecified atom stereocenters. The lowest BCUT2D eigenvalue weighted by Crippen LogP contribution is -2.50. The second-order valence-electron chi connectivity index (χ2n) is 6.63. The predicted molar refractivity (Wildman–Crippen MR) is 91.6 cm³/mol. The number of nitrogens with one attached hydrogen (secondary N) is 1. The van der Waals surface area contributed by atoms with Crippen LogP contribution in [0.5, 0.6) is 5.75 Å². The first-order valence-corrected chi connectivity index (χ1v) is 8.73. The molecule has 0 saturated carbocycles. The lowest BCUT2D eigenvalue weighted by molar-refractivity contribution is -0.130. The van der Waals surface area contributed by atoms with E-state index >= 15 is 0 Å². The van der Waals surface area contributed by atoms with E-state index in [9.17, 15) is 18.7 Å². The van der Waals surface area contributed by atoms with Crippen LogP contribution in [0.1, 0.15) is 38.4 Å². The number of aliphatic hydroxyl groups is 1. The summed E-state index contributed by atoms with van der Waals surface area (Å²) in [4.78, 5) is 11.6. The van der Waals surface area contributed by atoms with Crippen molar-refractivity contribution in [3.63, 3.8) is 0 Å². The van der Waals surface area contributed by atoms with E-state index in [4.69, 9.17) is 15.2 Å². The summed E-state index contributed by atoms with van der Waals surface area (Å²) in [5.41, 5.74) is 3.58. The molecule has 1 fully saturated rings. The molecule has 0 bridgehead atoms. The second-order valence-corrected chi connectivity index (χ2v) is 6.63. The predicted octanol–water partition coefficient (Wildman–Crippen LogP) is 1.66. The van der Waals surface area contributed by atoms with Gasteiger partial charge in [0.25, 0.3) is 5.91 Å². The number of piperidine rings is 1. The molecule has 146 valence electrons. The van der Waals surface area contributed by atoms with Crippen molar-refractivity contribution in [2.24, 2.45) is 11.7 Å². The minimum Gasteiger partial charge on any atom is -0.482 e. The number of benzene rings is 1. The van der Waals surface area contributed by atoms with Crippen LogP contribution < -0.4 is 15.8 Å². The third kappa shape index (κ3) is 4.31. The van der Waals surface area contributed by atoms with Crippen LogP contribution in [0.25, 0.3) is 0 Å². The third-order valence-electron chi connectivity index (χ3n) is 4.76. The number of nitrogens with two attached hydrogens (primary N) is 1. The standard InChI is InChI=1S/C18H26F2N2O4/c1-3-25-16(17(21)24)14-12(19)6-7-13(15(14)20)26-18(2,10-23)11-5-4-8-22-9-11/h6-7,11,16,22-23H,3-5,8-10H2,1-2H3,(H2,21,24). The molecule has 1 heterocycles. The maximum atomic E-state index is 15.0. The largest absolute Gasteiger partial charge is 0.482 e. The van der Waals surface area contributed by atoms with Crippen molar-refractivity contribution in [3.8, 4) is 5.75 Å². The van der Waals surface area contributed by atoms with Gasteiger partial charge in [0.15, 0.2) is 17.7 Å². The van der Waals surface area contributed by atoms with Gasteiger partial charge in [-0.2, -0.15) is 0 Å². The highest BCUT2D eigenvalue weighted by molar-refractivity contribution is 5.80. The first-order chi connectivity index (χ1) is 12.3. The number of ether oxygens (including phenoxy) is 2. The van der Waals surface area contributed by atoms with Gasteiger partial charge in [-0.05, 0) is 45.4 Å². The van der Waals surface area contributed by atoms with E-state index in [1.165, 1.54) is 0 Å². The Bertz CT molecular complexity index is 638. The van der Waals surface area contributed by atoms with Gasteiger partial charge in [0.2, 0.25) is 0 Å². The van der Waals surface area contributed by atoms with E-state index in [1.54, 1.807) is 13.8 Å². The van der Waals surface area contributed by atoms with Gasteiger partial charge >= 0.3 is 0 Å². The van der Waals surface area contributed by atoms with E-state index in [2.05, 4.69) is 5.32 Å². The molecule has 3 atom stereocenters. The SMILES string of the molecule is CCOC(C(N)=O)c1c(F)ccc(OC(C)(CO)C2CCCNC2)c1F. The van der Waals surface area contributed by atoms with E-state index in [0.717, 1.165) is 31.5 Å². The summed E-state index contributed by atoms with van der Waals surface area (Å²) in [6, 6.07) is 2.14. The van der Waals surface area contributed by atoms with Gasteiger partial charge in [0.05, 0.1) is 12.2 Å². The summed E-state index contributed by atoms with van der Waals surface area (Å²) in [6.45, 7) is 4.49. The molecule has 2 rings (SSSR count). The van der Waals surface area contributed by atoms with Gasteiger partial charge in [-0.25, -0.2) is 8.78 Å². The Kier molecular flexibility index (Phi) is 6.91. The number of hydrogen-bond donors (Lipinski definition) is 3. The highest BCUT2D eigenvalue weighted by Gasteiger charge is 2.38. The quantitative estimate of drug-likeness (QED) is 0.645. The molecule has 0 aromatic heterocycles. The van der Waals surface area contributed by atoms with Crippen LogP contribution in [0.4, 0.5) is 8.78 Å². The maximum absolute atomic E-state index is 15.0. The zero-order chi connectivity index (χ0) is 19.3. The number of carbonyl (C=O) groups excluding carboxylic acids is 1. The molecule has 1 saturated heterocycles. The molecule has 0 radical (unpaired) electrons. The fourth-order valence-corrected chi connectivity index (χ4v) is 3.21. The molecule has 1 aliphatic heterocycles. The van der Waals surface area contributed by atoms with Gasteiger partial charge in [-0.1, -0.05) is 0 Å². The summed E-state index contributed by atoms with van der Waals surface area (Å²) in [5.74, 6) is -3.30. The van der Waals surface area contributed by atoms with Crippen LogP contribution in [-0.4, -0.2) is 42.9 Å². The Balaban J connectivity index is 2.37. The van der Waals surface area contributed by atoms with Crippen LogP contribution in [0.2, 0.25) is 0 Å². The maximum Gasteiger partial charge on any atom is 0.251 e. The molecule has 1 aliphatic rings. The van der Waals surface area contributed by atoms with Gasteiger partial charge in [-0.3, -0.25) is 4.79 Å². The smallest absolute Gasteiger partial charge is 0.251 e. The highest BCUT2D eigenvalue weighted by atomic mass is 19.1. The Labute approximate surface area is 151 Å². The minimum atomic E-state index is -1.56. The topological polar surface area (TPSA) is 93.8 Å². The number of hydrogen-bond acceptors (Lipinski definition) is 5. The van der Waals surface area contributed by atoms with E-state index in [1.807, 2.05) is 0 Å². The van der Waals surface area contributed by atoms with Crippen LogP contribution in [0.15, 0.2) is 12.1 Å². The summed E-state index contributed by atoms with van der Waals surface area (Å²) >= 11 is 0. The molecule has 8 heteroatoms. The molecule has 26 heavy (non-hydrogen) atoms. The number of halogens is 2. The van der Waals surface area contributed by atoms with Gasteiger partial charge < -0.3 is 25.6 Å². The number of carbonyl (C=O) groups is 1. The lowest BCUT2D eigenvalue weighted by atomic mass is 9.83. The summed E-state index contributed by atoms with van der Waals surface area (Å²) < 4.78 is 40.0. The lowest BCUT2D eigenvalue weighted by Gasteiger charge is -2.39. The zero-order valence-corrected chi connectivity index (χ0v) is 15.1. The van der Waals surface area contributed by atoms with Crippen molar-refractivity contribution in [2.75, 3.05) is 26.3 Å². The van der Waals surface area contributed by atoms with Crippen molar-refractivity contribution >= 4 is 5.91 Å².